The second-order valence-corrected chi connectivity index (χ2v) is 6.51. The van der Waals surface area contributed by atoms with Gasteiger partial charge in [0, 0.05) is 32.3 Å². The number of hydrogen-bond acceptors (Lipinski definition) is 7. The molecule has 0 spiro atoms. The van der Waals surface area contributed by atoms with Gasteiger partial charge in [-0.25, -0.2) is 0 Å². The fourth-order valence-electron chi connectivity index (χ4n) is 2.52. The van der Waals surface area contributed by atoms with Gasteiger partial charge in [0.1, 0.15) is 17.0 Å². The molecule has 8 nitrogen and oxygen atoms in total. The van der Waals surface area contributed by atoms with Gasteiger partial charge in [0.15, 0.2) is 0 Å². The average Bonchev–Trinajstić information content (AvgIpc) is 3.25. The number of nitrogens with zero attached hydrogens (tertiary/aromatic N) is 4. The Kier molecular flexibility index (Phi) is 5.56. The third-order valence-corrected chi connectivity index (χ3v) is 4.42. The molecule has 1 fully saturated rings. The van der Waals surface area contributed by atoms with E-state index in [1.165, 1.54) is 17.4 Å². The predicted octanol–water partition coefficient (Wildman–Crippen LogP) is 1.24. The fourth-order valence-corrected chi connectivity index (χ4v) is 2.98. The van der Waals surface area contributed by atoms with Gasteiger partial charge >= 0.3 is 0 Å². The number of aromatic nitrogens is 2. The maximum atomic E-state index is 12.2. The first-order chi connectivity index (χ1) is 12.1. The summed E-state index contributed by atoms with van der Waals surface area (Å²) in [7, 11) is 0. The summed E-state index contributed by atoms with van der Waals surface area (Å²) in [4.78, 5) is 27.9. The van der Waals surface area contributed by atoms with E-state index in [0.29, 0.717) is 37.1 Å². The Morgan fingerprint density at radius 2 is 2.12 bits per heavy atom. The molecule has 132 valence electrons. The molecule has 1 aliphatic heterocycles. The lowest BCUT2D eigenvalue weighted by Crippen LogP contribution is -2.50. The quantitative estimate of drug-likeness (QED) is 0.806. The minimum absolute atomic E-state index is 0.0491. The topological polar surface area (TPSA) is 91.6 Å². The molecule has 3 rings (SSSR count). The molecule has 0 atom stereocenters. The molecular formula is C16H19N5O3S. The van der Waals surface area contributed by atoms with E-state index in [1.807, 2.05) is 24.0 Å². The van der Waals surface area contributed by atoms with Crippen molar-refractivity contribution in [3.63, 3.8) is 0 Å². The van der Waals surface area contributed by atoms with E-state index in [9.17, 15) is 9.59 Å². The smallest absolute Gasteiger partial charge is 0.246 e. The van der Waals surface area contributed by atoms with Crippen LogP contribution in [0.25, 0.3) is 6.08 Å². The van der Waals surface area contributed by atoms with Crippen LogP contribution < -0.4 is 5.32 Å². The van der Waals surface area contributed by atoms with Crippen molar-refractivity contribution >= 4 is 34.4 Å². The summed E-state index contributed by atoms with van der Waals surface area (Å²) in [5, 5.41) is 10.7. The van der Waals surface area contributed by atoms with Gasteiger partial charge in [0.25, 0.3) is 0 Å². The van der Waals surface area contributed by atoms with Gasteiger partial charge in [-0.2, -0.15) is 0 Å². The van der Waals surface area contributed by atoms with Crippen LogP contribution in [0, 0.1) is 6.92 Å². The lowest BCUT2D eigenvalue weighted by molar-refractivity contribution is -0.127. The summed E-state index contributed by atoms with van der Waals surface area (Å²) in [5.74, 6) is 1.31. The molecular weight excluding hydrogens is 342 g/mol. The summed E-state index contributed by atoms with van der Waals surface area (Å²) < 4.78 is 5.41. The highest BCUT2D eigenvalue weighted by Crippen LogP contribution is 2.10. The summed E-state index contributed by atoms with van der Waals surface area (Å²) in [6.45, 7) is 4.63. The van der Waals surface area contributed by atoms with Crippen molar-refractivity contribution in [1.82, 2.24) is 20.0 Å². The highest BCUT2D eigenvalue weighted by Gasteiger charge is 2.21. The number of furan rings is 1. The van der Waals surface area contributed by atoms with Crippen molar-refractivity contribution in [3.05, 3.63) is 35.2 Å². The molecule has 9 heteroatoms. The zero-order valence-corrected chi connectivity index (χ0v) is 14.7. The summed E-state index contributed by atoms with van der Waals surface area (Å²) in [5.41, 5.74) is 1.57. The second-order valence-electron chi connectivity index (χ2n) is 5.68. The molecule has 2 amide bonds. The maximum absolute atomic E-state index is 12.2. The largest absolute Gasteiger partial charge is 0.462 e. The van der Waals surface area contributed by atoms with Crippen LogP contribution in [0.1, 0.15) is 11.5 Å². The van der Waals surface area contributed by atoms with Crippen LogP contribution in [0.15, 0.2) is 28.1 Å². The Morgan fingerprint density at radius 1 is 1.32 bits per heavy atom. The summed E-state index contributed by atoms with van der Waals surface area (Å²) >= 11 is 1.28. The van der Waals surface area contributed by atoms with Gasteiger partial charge in [0.2, 0.25) is 16.9 Å². The molecule has 1 saturated heterocycles. The number of amides is 2. The first kappa shape index (κ1) is 17.3. The van der Waals surface area contributed by atoms with Crippen LogP contribution >= 0.6 is 11.3 Å². The van der Waals surface area contributed by atoms with Gasteiger partial charge in [0.05, 0.1) is 6.54 Å². The maximum Gasteiger partial charge on any atom is 0.246 e. The third-order valence-electron chi connectivity index (χ3n) is 3.81. The Balaban J connectivity index is 1.42. The van der Waals surface area contributed by atoms with Crippen molar-refractivity contribution in [3.8, 4) is 0 Å². The fraction of sp³-hybridized carbons (Fsp3) is 0.375. The normalized spacial score (nSPS) is 15.6. The highest BCUT2D eigenvalue weighted by atomic mass is 32.1. The zero-order valence-electron chi connectivity index (χ0n) is 13.8. The Hall–Kier alpha value is -2.52. The van der Waals surface area contributed by atoms with Crippen LogP contribution in [-0.2, 0) is 9.59 Å². The molecule has 2 aromatic rings. The number of hydrogen-bond donors (Lipinski definition) is 1. The number of nitrogens with one attached hydrogen (secondary N) is 1. The number of carbonyl (C=O) groups excluding carboxylic acids is 2. The van der Waals surface area contributed by atoms with Crippen LogP contribution in [0.2, 0.25) is 0 Å². The standard InChI is InChI=1S/C16H19N5O3S/c1-12-2-3-13(24-12)4-5-15(23)21-8-6-20(7-9-21)10-14(22)18-16-19-17-11-25-16/h2-5,11H,6-10H2,1H3,(H,18,19,22)/b5-4+. The van der Waals surface area contributed by atoms with Crippen LogP contribution in [0.3, 0.4) is 0 Å². The zero-order chi connectivity index (χ0) is 17.6. The van der Waals surface area contributed by atoms with Gasteiger partial charge in [-0.3, -0.25) is 19.8 Å². The monoisotopic (exact) mass is 361 g/mol. The molecule has 0 unspecified atom stereocenters. The van der Waals surface area contributed by atoms with Gasteiger partial charge in [-0.15, -0.1) is 10.2 Å². The van der Waals surface area contributed by atoms with Gasteiger partial charge in [-0.05, 0) is 25.1 Å². The van der Waals surface area contributed by atoms with Crippen molar-refractivity contribution in [1.29, 1.82) is 0 Å². The van der Waals surface area contributed by atoms with Crippen molar-refractivity contribution in [2.75, 3.05) is 38.0 Å². The molecule has 0 aromatic carbocycles. The molecule has 0 saturated carbocycles. The Bertz CT molecular complexity index is 748. The summed E-state index contributed by atoms with van der Waals surface area (Å²) in [6.07, 6.45) is 3.20. The molecule has 3 heterocycles. The lowest BCUT2D eigenvalue weighted by atomic mass is 10.3. The number of carbonyl (C=O) groups is 2. The van der Waals surface area contributed by atoms with Crippen LogP contribution in [0.5, 0.6) is 0 Å². The molecule has 1 aliphatic rings. The van der Waals surface area contributed by atoms with Gasteiger partial charge in [-0.1, -0.05) is 11.3 Å². The minimum Gasteiger partial charge on any atom is -0.462 e. The predicted molar refractivity (Wildman–Crippen MR) is 94.0 cm³/mol. The number of aryl methyl sites for hydroxylation is 1. The molecule has 0 aliphatic carbocycles. The highest BCUT2D eigenvalue weighted by molar-refractivity contribution is 7.13. The van der Waals surface area contributed by atoms with E-state index in [1.54, 1.807) is 16.5 Å². The van der Waals surface area contributed by atoms with Gasteiger partial charge < -0.3 is 9.32 Å². The van der Waals surface area contributed by atoms with Crippen molar-refractivity contribution < 1.29 is 14.0 Å². The van der Waals surface area contributed by atoms with E-state index in [-0.39, 0.29) is 18.4 Å². The van der Waals surface area contributed by atoms with Crippen molar-refractivity contribution in [2.45, 2.75) is 6.92 Å². The van der Waals surface area contributed by atoms with Crippen molar-refractivity contribution in [2.24, 2.45) is 0 Å². The van der Waals surface area contributed by atoms with E-state index in [0.717, 1.165) is 5.76 Å². The number of anilines is 1. The van der Waals surface area contributed by atoms with E-state index < -0.39 is 0 Å². The molecule has 0 bridgehead atoms. The van der Waals surface area contributed by atoms with Crippen LogP contribution in [-0.4, -0.2) is 64.5 Å². The van der Waals surface area contributed by atoms with E-state index in [4.69, 9.17) is 4.42 Å². The second kappa shape index (κ2) is 8.04. The average molecular weight is 361 g/mol. The Labute approximate surface area is 149 Å². The van der Waals surface area contributed by atoms with E-state index >= 15 is 0 Å². The van der Waals surface area contributed by atoms with E-state index in [2.05, 4.69) is 15.5 Å². The first-order valence-corrected chi connectivity index (χ1v) is 8.80. The van der Waals surface area contributed by atoms with Crippen LogP contribution in [0.4, 0.5) is 5.13 Å². The number of rotatable bonds is 5. The molecule has 25 heavy (non-hydrogen) atoms. The molecule has 0 radical (unpaired) electrons. The molecule has 1 N–H and O–H groups in total. The minimum atomic E-state index is -0.121. The molecule has 2 aromatic heterocycles. The summed E-state index contributed by atoms with van der Waals surface area (Å²) in [6, 6.07) is 3.68. The SMILES string of the molecule is Cc1ccc(/C=C/C(=O)N2CCN(CC(=O)Nc3nncs3)CC2)o1. The lowest BCUT2D eigenvalue weighted by Gasteiger charge is -2.33. The Morgan fingerprint density at radius 3 is 2.76 bits per heavy atom. The first-order valence-electron chi connectivity index (χ1n) is 7.92. The number of piperazine rings is 1. The third kappa shape index (κ3) is 4.97.